The SMILES string of the molecule is COC(=O)CN(CC(=O)Nc1ccc(C)cc1)S(=O)(=O)c1ccc(OC)c([N+](=O)[O-])c1. The molecule has 0 saturated carbocycles. The molecule has 0 radical (unpaired) electrons. The Morgan fingerprint density at radius 1 is 1.10 bits per heavy atom. The number of hydrogen-bond donors (Lipinski definition) is 1. The number of rotatable bonds is 9. The molecule has 0 fully saturated rings. The second kappa shape index (κ2) is 10.00. The second-order valence-electron chi connectivity index (χ2n) is 6.35. The summed E-state index contributed by atoms with van der Waals surface area (Å²) in [7, 11) is -2.20. The smallest absolute Gasteiger partial charge is 0.321 e. The zero-order chi connectivity index (χ0) is 23.2. The lowest BCUT2D eigenvalue weighted by molar-refractivity contribution is -0.386. The van der Waals surface area contributed by atoms with Crippen LogP contribution in [-0.4, -0.2) is 56.8 Å². The Hall–Kier alpha value is -3.51. The van der Waals surface area contributed by atoms with Gasteiger partial charge in [-0.15, -0.1) is 0 Å². The summed E-state index contributed by atoms with van der Waals surface area (Å²) in [4.78, 5) is 34.2. The predicted octanol–water partition coefficient (Wildman–Crippen LogP) is 1.71. The predicted molar refractivity (Wildman–Crippen MR) is 110 cm³/mol. The van der Waals surface area contributed by atoms with E-state index in [1.54, 1.807) is 24.3 Å². The number of sulfonamides is 1. The Morgan fingerprint density at radius 3 is 2.29 bits per heavy atom. The minimum atomic E-state index is -4.47. The Morgan fingerprint density at radius 2 is 1.74 bits per heavy atom. The summed E-state index contributed by atoms with van der Waals surface area (Å²) in [6.45, 7) is 0.384. The molecule has 1 N–H and O–H groups in total. The number of nitro groups is 1. The third-order valence-corrected chi connectivity index (χ3v) is 5.96. The van der Waals surface area contributed by atoms with Gasteiger partial charge in [-0.05, 0) is 31.2 Å². The highest BCUT2D eigenvalue weighted by atomic mass is 32.2. The van der Waals surface area contributed by atoms with E-state index in [9.17, 15) is 28.1 Å². The largest absolute Gasteiger partial charge is 0.490 e. The first-order valence-corrected chi connectivity index (χ1v) is 10.3. The molecule has 0 aromatic heterocycles. The molecule has 0 saturated heterocycles. The normalized spacial score (nSPS) is 11.1. The second-order valence-corrected chi connectivity index (χ2v) is 8.29. The van der Waals surface area contributed by atoms with Crippen LogP contribution in [0.15, 0.2) is 47.4 Å². The number of methoxy groups -OCH3 is 2. The summed E-state index contributed by atoms with van der Waals surface area (Å²) >= 11 is 0. The van der Waals surface area contributed by atoms with Gasteiger partial charge in [-0.3, -0.25) is 19.7 Å². The molecule has 1 amide bonds. The highest BCUT2D eigenvalue weighted by Crippen LogP contribution is 2.30. The number of carbonyl (C=O) groups is 2. The summed E-state index contributed by atoms with van der Waals surface area (Å²) in [5.41, 5.74) is 0.825. The first-order valence-electron chi connectivity index (χ1n) is 8.84. The van der Waals surface area contributed by atoms with Crippen molar-refractivity contribution >= 4 is 33.3 Å². The van der Waals surface area contributed by atoms with Crippen molar-refractivity contribution in [2.45, 2.75) is 11.8 Å². The minimum Gasteiger partial charge on any atom is -0.490 e. The molecule has 2 rings (SSSR count). The fourth-order valence-corrected chi connectivity index (χ4v) is 3.92. The zero-order valence-electron chi connectivity index (χ0n) is 17.0. The van der Waals surface area contributed by atoms with Crippen molar-refractivity contribution in [1.82, 2.24) is 4.31 Å². The minimum absolute atomic E-state index is 0.138. The van der Waals surface area contributed by atoms with Crippen molar-refractivity contribution in [3.05, 3.63) is 58.1 Å². The van der Waals surface area contributed by atoms with Crippen LogP contribution < -0.4 is 10.1 Å². The van der Waals surface area contributed by atoms with Gasteiger partial charge in [0.05, 0.1) is 30.6 Å². The molecular weight excluding hydrogens is 430 g/mol. The molecule has 31 heavy (non-hydrogen) atoms. The standard InChI is InChI=1S/C19H21N3O8S/c1-13-4-6-14(7-5-13)20-18(23)11-21(12-19(24)30-3)31(27,28)15-8-9-17(29-2)16(10-15)22(25)26/h4-10H,11-12H2,1-3H3,(H,20,23). The molecule has 0 unspecified atom stereocenters. The van der Waals surface area contributed by atoms with Gasteiger partial charge in [0.15, 0.2) is 5.75 Å². The average Bonchev–Trinajstić information content (AvgIpc) is 2.74. The van der Waals surface area contributed by atoms with Crippen LogP contribution in [0.1, 0.15) is 5.56 Å². The van der Waals surface area contributed by atoms with Crippen molar-refractivity contribution in [1.29, 1.82) is 0 Å². The number of benzene rings is 2. The average molecular weight is 451 g/mol. The fraction of sp³-hybridized carbons (Fsp3) is 0.263. The maximum Gasteiger partial charge on any atom is 0.321 e. The zero-order valence-corrected chi connectivity index (χ0v) is 17.8. The van der Waals surface area contributed by atoms with Gasteiger partial charge in [-0.25, -0.2) is 8.42 Å². The third-order valence-electron chi connectivity index (χ3n) is 4.17. The molecule has 0 aliphatic carbocycles. The quantitative estimate of drug-likeness (QED) is 0.345. The molecule has 2 aromatic carbocycles. The number of ether oxygens (including phenoxy) is 2. The maximum absolute atomic E-state index is 13.1. The Bertz CT molecular complexity index is 1080. The molecule has 0 aliphatic heterocycles. The van der Waals surface area contributed by atoms with Crippen molar-refractivity contribution in [3.8, 4) is 5.75 Å². The van der Waals surface area contributed by atoms with E-state index < -0.39 is 50.5 Å². The van der Waals surface area contributed by atoms with E-state index in [1.807, 2.05) is 6.92 Å². The van der Waals surface area contributed by atoms with Gasteiger partial charge in [-0.2, -0.15) is 4.31 Å². The topological polar surface area (TPSA) is 145 Å². The van der Waals surface area contributed by atoms with Crippen LogP contribution in [0.25, 0.3) is 0 Å². The summed E-state index contributed by atoms with van der Waals surface area (Å²) in [5, 5.41) is 13.8. The summed E-state index contributed by atoms with van der Waals surface area (Å²) in [6.07, 6.45) is 0. The van der Waals surface area contributed by atoms with E-state index in [1.165, 1.54) is 7.11 Å². The number of nitro benzene ring substituents is 1. The fourth-order valence-electron chi connectivity index (χ4n) is 2.55. The van der Waals surface area contributed by atoms with Gasteiger partial charge in [-0.1, -0.05) is 17.7 Å². The molecule has 0 aliphatic rings. The highest BCUT2D eigenvalue weighted by molar-refractivity contribution is 7.89. The van der Waals surface area contributed by atoms with Crippen LogP contribution >= 0.6 is 0 Å². The highest BCUT2D eigenvalue weighted by Gasteiger charge is 2.31. The molecule has 0 heterocycles. The summed E-state index contributed by atoms with van der Waals surface area (Å²) in [5.74, 6) is -1.75. The van der Waals surface area contributed by atoms with Gasteiger partial charge in [0.2, 0.25) is 15.9 Å². The summed E-state index contributed by atoms with van der Waals surface area (Å²) < 4.78 is 36.1. The lowest BCUT2D eigenvalue weighted by atomic mass is 10.2. The molecule has 166 valence electrons. The molecule has 0 bridgehead atoms. The van der Waals surface area contributed by atoms with Crippen LogP contribution in [0.4, 0.5) is 11.4 Å². The monoisotopic (exact) mass is 451 g/mol. The van der Waals surface area contributed by atoms with Crippen LogP contribution in [-0.2, 0) is 24.3 Å². The van der Waals surface area contributed by atoms with Crippen LogP contribution in [0.5, 0.6) is 5.75 Å². The molecule has 2 aromatic rings. The third kappa shape index (κ3) is 5.99. The number of amides is 1. The Kier molecular flexibility index (Phi) is 7.67. The lowest BCUT2D eigenvalue weighted by Crippen LogP contribution is -2.41. The van der Waals surface area contributed by atoms with Crippen LogP contribution in [0.3, 0.4) is 0 Å². The van der Waals surface area contributed by atoms with Crippen molar-refractivity contribution in [2.75, 3.05) is 32.6 Å². The number of nitrogens with one attached hydrogen (secondary N) is 1. The number of esters is 1. The van der Waals surface area contributed by atoms with E-state index in [0.29, 0.717) is 9.99 Å². The van der Waals surface area contributed by atoms with E-state index in [4.69, 9.17) is 4.74 Å². The number of nitrogens with zero attached hydrogens (tertiary/aromatic N) is 2. The van der Waals surface area contributed by atoms with Gasteiger partial charge in [0.25, 0.3) is 0 Å². The first-order chi connectivity index (χ1) is 14.6. The molecule has 12 heteroatoms. The van der Waals surface area contributed by atoms with Crippen molar-refractivity contribution in [2.24, 2.45) is 0 Å². The van der Waals surface area contributed by atoms with Gasteiger partial charge in [0.1, 0.15) is 6.54 Å². The van der Waals surface area contributed by atoms with Crippen molar-refractivity contribution in [3.63, 3.8) is 0 Å². The van der Waals surface area contributed by atoms with E-state index in [0.717, 1.165) is 30.9 Å². The maximum atomic E-state index is 13.1. The molecule has 11 nitrogen and oxygen atoms in total. The van der Waals surface area contributed by atoms with E-state index in [2.05, 4.69) is 10.1 Å². The van der Waals surface area contributed by atoms with Crippen LogP contribution in [0.2, 0.25) is 0 Å². The van der Waals surface area contributed by atoms with E-state index >= 15 is 0 Å². The first kappa shape index (κ1) is 23.8. The molecular formula is C19H21N3O8S. The summed E-state index contributed by atoms with van der Waals surface area (Å²) in [6, 6.07) is 9.80. The van der Waals surface area contributed by atoms with Gasteiger partial charge < -0.3 is 14.8 Å². The van der Waals surface area contributed by atoms with E-state index in [-0.39, 0.29) is 5.75 Å². The van der Waals surface area contributed by atoms with Crippen LogP contribution in [0, 0.1) is 17.0 Å². The Balaban J connectivity index is 2.36. The lowest BCUT2D eigenvalue weighted by Gasteiger charge is -2.21. The molecule has 0 atom stereocenters. The molecule has 0 spiro atoms. The Labute approximate surface area is 178 Å². The van der Waals surface area contributed by atoms with Gasteiger partial charge in [0, 0.05) is 11.8 Å². The number of hydrogen-bond acceptors (Lipinski definition) is 8. The number of anilines is 1. The number of carbonyl (C=O) groups excluding carboxylic acids is 2. The van der Waals surface area contributed by atoms with Gasteiger partial charge >= 0.3 is 11.7 Å². The number of aryl methyl sites for hydroxylation is 1. The van der Waals surface area contributed by atoms with Crippen molar-refractivity contribution < 1.29 is 32.4 Å².